The molecule has 1 heterocycles. The van der Waals surface area contributed by atoms with Crippen LogP contribution < -0.4 is 5.32 Å². The lowest BCUT2D eigenvalue weighted by atomic mass is 10.1. The molecular weight excluding hydrogens is 206 g/mol. The molecule has 0 radical (unpaired) electrons. The van der Waals surface area contributed by atoms with Crippen LogP contribution in [-0.2, 0) is 6.54 Å². The Kier molecular flexibility index (Phi) is 3.29. The summed E-state index contributed by atoms with van der Waals surface area (Å²) in [6.07, 6.45) is 4.97. The van der Waals surface area contributed by atoms with Gasteiger partial charge in [0.2, 0.25) is 0 Å². The molecule has 88 valence electrons. The third-order valence-electron chi connectivity index (χ3n) is 3.16. The molecule has 0 spiro atoms. The van der Waals surface area contributed by atoms with Crippen LogP contribution in [0.15, 0.2) is 16.7 Å². The quantitative estimate of drug-likeness (QED) is 0.821. The Bertz CT molecular complexity index is 372. The number of carbonyl (C=O) groups is 1. The number of carboxylic acid groups (broad SMARTS) is 1. The minimum absolute atomic E-state index is 0.219. The van der Waals surface area contributed by atoms with Gasteiger partial charge in [-0.2, -0.15) is 0 Å². The van der Waals surface area contributed by atoms with Crippen molar-refractivity contribution in [2.75, 3.05) is 0 Å². The first-order valence-corrected chi connectivity index (χ1v) is 5.69. The van der Waals surface area contributed by atoms with E-state index < -0.39 is 5.97 Å². The van der Waals surface area contributed by atoms with Gasteiger partial charge in [-0.15, -0.1) is 0 Å². The fourth-order valence-electron chi connectivity index (χ4n) is 2.22. The third kappa shape index (κ3) is 2.64. The molecule has 2 N–H and O–H groups in total. The van der Waals surface area contributed by atoms with Gasteiger partial charge < -0.3 is 14.8 Å². The van der Waals surface area contributed by atoms with Crippen molar-refractivity contribution < 1.29 is 14.3 Å². The van der Waals surface area contributed by atoms with Crippen LogP contribution in [0.3, 0.4) is 0 Å². The van der Waals surface area contributed by atoms with Crippen molar-refractivity contribution in [2.24, 2.45) is 5.92 Å². The standard InChI is InChI=1S/C12H17NO3/c1-8-2-3-10(4-8)13-6-11-5-9(7-16-11)12(14)15/h5,7-8,10,13H,2-4,6H2,1H3,(H,14,15). The minimum Gasteiger partial charge on any atom is -0.478 e. The molecule has 2 unspecified atom stereocenters. The van der Waals surface area contributed by atoms with Crippen LogP contribution in [0.25, 0.3) is 0 Å². The summed E-state index contributed by atoms with van der Waals surface area (Å²) in [6, 6.07) is 2.13. The lowest BCUT2D eigenvalue weighted by molar-refractivity contribution is 0.0696. The number of carboxylic acids is 1. The van der Waals surface area contributed by atoms with E-state index in [1.165, 1.54) is 25.5 Å². The highest BCUT2D eigenvalue weighted by molar-refractivity contribution is 5.87. The molecule has 0 bridgehead atoms. The second-order valence-electron chi connectivity index (χ2n) is 4.60. The van der Waals surface area contributed by atoms with E-state index in [0.29, 0.717) is 18.3 Å². The zero-order valence-electron chi connectivity index (χ0n) is 9.40. The van der Waals surface area contributed by atoms with Crippen molar-refractivity contribution in [1.29, 1.82) is 0 Å². The molecule has 4 heteroatoms. The normalized spacial score (nSPS) is 24.8. The Hall–Kier alpha value is -1.29. The molecule has 2 atom stereocenters. The Morgan fingerprint density at radius 1 is 1.62 bits per heavy atom. The SMILES string of the molecule is CC1CCC(NCc2cc(C(=O)O)co2)C1. The van der Waals surface area contributed by atoms with E-state index in [4.69, 9.17) is 9.52 Å². The van der Waals surface area contributed by atoms with E-state index >= 15 is 0 Å². The van der Waals surface area contributed by atoms with Gasteiger partial charge in [-0.05, 0) is 31.2 Å². The first-order chi connectivity index (χ1) is 7.65. The van der Waals surface area contributed by atoms with Crippen LogP contribution in [-0.4, -0.2) is 17.1 Å². The maximum absolute atomic E-state index is 10.6. The summed E-state index contributed by atoms with van der Waals surface area (Å²) in [5.74, 6) is 0.546. The van der Waals surface area contributed by atoms with E-state index in [9.17, 15) is 4.79 Å². The van der Waals surface area contributed by atoms with Crippen LogP contribution in [0.2, 0.25) is 0 Å². The number of aromatic carboxylic acids is 1. The highest BCUT2D eigenvalue weighted by Gasteiger charge is 2.20. The summed E-state index contributed by atoms with van der Waals surface area (Å²) in [5.41, 5.74) is 0.219. The molecule has 1 aliphatic rings. The third-order valence-corrected chi connectivity index (χ3v) is 3.16. The van der Waals surface area contributed by atoms with Gasteiger partial charge in [-0.25, -0.2) is 4.79 Å². The highest BCUT2D eigenvalue weighted by atomic mass is 16.4. The Labute approximate surface area is 94.6 Å². The van der Waals surface area contributed by atoms with Crippen LogP contribution in [0.5, 0.6) is 0 Å². The smallest absolute Gasteiger partial charge is 0.338 e. The number of hydrogen-bond donors (Lipinski definition) is 2. The van der Waals surface area contributed by atoms with Gasteiger partial charge in [0.1, 0.15) is 12.0 Å². The molecule has 1 aromatic heterocycles. The number of rotatable bonds is 4. The molecule has 1 fully saturated rings. The summed E-state index contributed by atoms with van der Waals surface area (Å²) in [6.45, 7) is 2.88. The summed E-state index contributed by atoms with van der Waals surface area (Å²) in [4.78, 5) is 10.6. The molecule has 4 nitrogen and oxygen atoms in total. The van der Waals surface area contributed by atoms with Crippen molar-refractivity contribution in [3.63, 3.8) is 0 Å². The first kappa shape index (κ1) is 11.2. The predicted molar refractivity (Wildman–Crippen MR) is 59.3 cm³/mol. The van der Waals surface area contributed by atoms with Gasteiger partial charge in [0.15, 0.2) is 0 Å². The molecule has 1 saturated carbocycles. The fraction of sp³-hybridized carbons (Fsp3) is 0.583. The van der Waals surface area contributed by atoms with Gasteiger partial charge in [-0.1, -0.05) is 6.92 Å². The summed E-state index contributed by atoms with van der Waals surface area (Å²) in [5, 5.41) is 12.1. The molecule has 1 aromatic rings. The fourth-order valence-corrected chi connectivity index (χ4v) is 2.22. The van der Waals surface area contributed by atoms with Gasteiger partial charge in [0.05, 0.1) is 12.1 Å². The number of nitrogens with one attached hydrogen (secondary N) is 1. The molecular formula is C12H17NO3. The summed E-state index contributed by atoms with van der Waals surface area (Å²) >= 11 is 0. The van der Waals surface area contributed by atoms with E-state index in [0.717, 1.165) is 5.92 Å². The first-order valence-electron chi connectivity index (χ1n) is 5.69. The largest absolute Gasteiger partial charge is 0.478 e. The monoisotopic (exact) mass is 223 g/mol. The summed E-state index contributed by atoms with van der Waals surface area (Å²) in [7, 11) is 0. The Morgan fingerprint density at radius 2 is 2.44 bits per heavy atom. The predicted octanol–water partition coefficient (Wildman–Crippen LogP) is 2.26. The van der Waals surface area contributed by atoms with Crippen molar-refractivity contribution in [3.05, 3.63) is 23.7 Å². The molecule has 0 aliphatic heterocycles. The Balaban J connectivity index is 1.83. The molecule has 0 amide bonds. The van der Waals surface area contributed by atoms with E-state index in [1.54, 1.807) is 6.07 Å². The Morgan fingerprint density at radius 3 is 3.00 bits per heavy atom. The van der Waals surface area contributed by atoms with Crippen LogP contribution >= 0.6 is 0 Å². The van der Waals surface area contributed by atoms with Crippen LogP contribution in [0.4, 0.5) is 0 Å². The minimum atomic E-state index is -0.940. The van der Waals surface area contributed by atoms with Gasteiger partial charge >= 0.3 is 5.97 Å². The highest BCUT2D eigenvalue weighted by Crippen LogP contribution is 2.24. The molecule has 16 heavy (non-hydrogen) atoms. The molecule has 0 aromatic carbocycles. The van der Waals surface area contributed by atoms with Crippen molar-refractivity contribution >= 4 is 5.97 Å². The van der Waals surface area contributed by atoms with Gasteiger partial charge in [0, 0.05) is 6.04 Å². The second kappa shape index (κ2) is 4.70. The summed E-state index contributed by atoms with van der Waals surface area (Å²) < 4.78 is 5.17. The van der Waals surface area contributed by atoms with E-state index in [1.807, 2.05) is 0 Å². The average Bonchev–Trinajstić information content (AvgIpc) is 2.83. The molecule has 1 aliphatic carbocycles. The van der Waals surface area contributed by atoms with Crippen LogP contribution in [0, 0.1) is 5.92 Å². The lowest BCUT2D eigenvalue weighted by Gasteiger charge is -2.10. The molecule has 0 saturated heterocycles. The van der Waals surface area contributed by atoms with E-state index in [-0.39, 0.29) is 5.56 Å². The number of furan rings is 1. The molecule has 2 rings (SSSR count). The number of hydrogen-bond acceptors (Lipinski definition) is 3. The second-order valence-corrected chi connectivity index (χ2v) is 4.60. The maximum Gasteiger partial charge on any atom is 0.338 e. The van der Waals surface area contributed by atoms with Crippen molar-refractivity contribution in [3.8, 4) is 0 Å². The zero-order chi connectivity index (χ0) is 11.5. The van der Waals surface area contributed by atoms with Gasteiger partial charge in [0.25, 0.3) is 0 Å². The zero-order valence-corrected chi connectivity index (χ0v) is 9.40. The topological polar surface area (TPSA) is 62.5 Å². The average molecular weight is 223 g/mol. The van der Waals surface area contributed by atoms with E-state index in [2.05, 4.69) is 12.2 Å². The lowest BCUT2D eigenvalue weighted by Crippen LogP contribution is -2.25. The van der Waals surface area contributed by atoms with Crippen molar-refractivity contribution in [1.82, 2.24) is 5.32 Å². The maximum atomic E-state index is 10.6. The van der Waals surface area contributed by atoms with Crippen LogP contribution in [0.1, 0.15) is 42.3 Å². The van der Waals surface area contributed by atoms with Crippen molar-refractivity contribution in [2.45, 2.75) is 38.8 Å². The van der Waals surface area contributed by atoms with Gasteiger partial charge in [-0.3, -0.25) is 0 Å².